The topological polar surface area (TPSA) is 110 Å². The second-order valence-corrected chi connectivity index (χ2v) is 5.05. The molecule has 0 aliphatic carbocycles. The summed E-state index contributed by atoms with van der Waals surface area (Å²) in [5.41, 5.74) is 0. The van der Waals surface area contributed by atoms with Crippen molar-refractivity contribution in [3.05, 3.63) is 24.9 Å². The first kappa shape index (κ1) is 19.9. The van der Waals surface area contributed by atoms with Crippen LogP contribution in [0.3, 0.4) is 0 Å². The standard InChI is InChI=1S/2C4H4N2OS2.Mo.2O/c2*8-4(9)6-3-5-1-2-7-3;;;/h2*1-2H,(H2,5,6,8,9);;;/q;;+2;;/p-2. The van der Waals surface area contributed by atoms with Crippen LogP contribution in [0.4, 0.5) is 12.0 Å². The Morgan fingerprint density at radius 1 is 1.00 bits per heavy atom. The van der Waals surface area contributed by atoms with Crippen LogP contribution in [0.15, 0.2) is 33.8 Å². The molecule has 2 aromatic heterocycles. The average molecular weight is 446 g/mol. The van der Waals surface area contributed by atoms with Crippen molar-refractivity contribution >= 4 is 70.4 Å². The number of oxazole rings is 2. The first-order valence-corrected chi connectivity index (χ1v) is 7.93. The van der Waals surface area contributed by atoms with Crippen molar-refractivity contribution in [2.75, 3.05) is 10.6 Å². The molecule has 0 aromatic carbocycles. The van der Waals surface area contributed by atoms with Crippen molar-refractivity contribution in [3.63, 3.8) is 0 Å². The molecule has 0 bridgehead atoms. The van der Waals surface area contributed by atoms with Crippen LogP contribution in [-0.2, 0) is 50.5 Å². The van der Waals surface area contributed by atoms with Gasteiger partial charge in [-0.2, -0.15) is 0 Å². The third-order valence-corrected chi connectivity index (χ3v) is 1.69. The van der Waals surface area contributed by atoms with E-state index in [1.165, 1.54) is 24.9 Å². The Labute approximate surface area is 149 Å². The van der Waals surface area contributed by atoms with E-state index in [1.807, 2.05) is 0 Å². The Hall–Kier alpha value is -1.07. The molecular formula is C8H6MoN4O4S4. The number of hydrogen-bond acceptors (Lipinski definition) is 10. The Kier molecular flexibility index (Phi) is 12.0. The molecule has 13 heteroatoms. The summed E-state index contributed by atoms with van der Waals surface area (Å²) in [6.07, 6.45) is 5.90. The van der Waals surface area contributed by atoms with E-state index in [2.05, 4.69) is 70.3 Å². The van der Waals surface area contributed by atoms with Crippen LogP contribution in [-0.4, -0.2) is 18.6 Å². The van der Waals surface area contributed by atoms with Gasteiger partial charge in [0.1, 0.15) is 12.5 Å². The van der Waals surface area contributed by atoms with Crippen molar-refractivity contribution < 1.29 is 34.1 Å². The van der Waals surface area contributed by atoms with E-state index in [1.54, 1.807) is 0 Å². The van der Waals surface area contributed by atoms with Gasteiger partial charge in [0.25, 0.3) is 12.0 Å². The van der Waals surface area contributed by atoms with Crippen molar-refractivity contribution in [3.8, 4) is 0 Å². The molecule has 0 atom stereocenters. The summed E-state index contributed by atoms with van der Waals surface area (Å²) in [4.78, 5) is 7.45. The third-order valence-electron chi connectivity index (χ3n) is 1.28. The summed E-state index contributed by atoms with van der Waals surface area (Å²) in [5.74, 6) is 0. The zero-order valence-corrected chi connectivity index (χ0v) is 15.2. The summed E-state index contributed by atoms with van der Waals surface area (Å²) in [6, 6.07) is 0.685. The number of nitrogens with one attached hydrogen (secondary N) is 2. The fraction of sp³-hybridized carbons (Fsp3) is 0. The first-order chi connectivity index (χ1) is 9.99. The van der Waals surface area contributed by atoms with E-state index in [-0.39, 0.29) is 8.64 Å². The van der Waals surface area contributed by atoms with Gasteiger partial charge in [-0.1, -0.05) is 8.64 Å². The summed E-state index contributed by atoms with van der Waals surface area (Å²) < 4.78 is 27.0. The molecule has 0 saturated heterocycles. The van der Waals surface area contributed by atoms with Crippen LogP contribution in [0.1, 0.15) is 0 Å². The van der Waals surface area contributed by atoms with Crippen LogP contribution >= 0.6 is 24.4 Å². The second-order valence-electron chi connectivity index (χ2n) is 2.57. The summed E-state index contributed by atoms with van der Waals surface area (Å²) in [7, 11) is 0. The van der Waals surface area contributed by atoms with Crippen LogP contribution in [0, 0.1) is 0 Å². The van der Waals surface area contributed by atoms with Crippen LogP contribution in [0.5, 0.6) is 0 Å². The van der Waals surface area contributed by atoms with Gasteiger partial charge in [-0.05, 0) is 0 Å². The third kappa shape index (κ3) is 12.4. The van der Waals surface area contributed by atoms with Crippen molar-refractivity contribution in [2.24, 2.45) is 0 Å². The molecule has 0 aliphatic rings. The molecule has 2 rings (SSSR count). The van der Waals surface area contributed by atoms with Gasteiger partial charge >= 0.3 is 25.3 Å². The molecule has 112 valence electrons. The van der Waals surface area contributed by atoms with Gasteiger partial charge in [-0.15, -0.1) is 0 Å². The zero-order valence-electron chi connectivity index (χ0n) is 9.88. The summed E-state index contributed by atoms with van der Waals surface area (Å²) >= 11 is 16.2. The monoisotopic (exact) mass is 448 g/mol. The van der Waals surface area contributed by atoms with E-state index in [0.717, 1.165) is 0 Å². The van der Waals surface area contributed by atoms with Gasteiger partial charge in [0.15, 0.2) is 0 Å². The van der Waals surface area contributed by atoms with Crippen LogP contribution in [0.25, 0.3) is 0 Å². The molecule has 21 heavy (non-hydrogen) atoms. The van der Waals surface area contributed by atoms with E-state index in [0.29, 0.717) is 12.0 Å². The molecular weight excluding hydrogens is 440 g/mol. The second kappa shape index (κ2) is 12.7. The molecule has 8 nitrogen and oxygen atoms in total. The minimum absolute atomic E-state index is 0.234. The Bertz CT molecular complexity index is 525. The molecule has 0 spiro atoms. The maximum atomic E-state index is 8.50. The van der Waals surface area contributed by atoms with E-state index in [9.17, 15) is 0 Å². The number of nitrogens with zero attached hydrogens (tertiary/aromatic N) is 2. The van der Waals surface area contributed by atoms with Gasteiger partial charge in [-0.3, -0.25) is 0 Å². The van der Waals surface area contributed by atoms with Crippen LogP contribution < -0.4 is 10.6 Å². The molecule has 2 N–H and O–H groups in total. The fourth-order valence-corrected chi connectivity index (χ4v) is 1.09. The van der Waals surface area contributed by atoms with Crippen molar-refractivity contribution in [1.82, 2.24) is 9.97 Å². The average Bonchev–Trinajstić information content (AvgIpc) is 3.03. The summed E-state index contributed by atoms with van der Waals surface area (Å²) in [6.45, 7) is 0. The number of rotatable bonds is 2. The predicted octanol–water partition coefficient (Wildman–Crippen LogP) is 1.60. The maximum absolute atomic E-state index is 8.50. The molecule has 0 unspecified atom stereocenters. The quantitative estimate of drug-likeness (QED) is 0.397. The van der Waals surface area contributed by atoms with Gasteiger partial charge in [0.05, 0.1) is 12.4 Å². The van der Waals surface area contributed by atoms with Gasteiger partial charge in [0.2, 0.25) is 0 Å². The van der Waals surface area contributed by atoms with Crippen molar-refractivity contribution in [1.29, 1.82) is 0 Å². The predicted molar refractivity (Wildman–Crippen MR) is 81.6 cm³/mol. The molecule has 0 amide bonds. The van der Waals surface area contributed by atoms with Gasteiger partial charge in [0, 0.05) is 0 Å². The first-order valence-electron chi connectivity index (χ1n) is 4.66. The number of thiocarbonyl (C=S) groups is 2. The summed E-state index contributed by atoms with van der Waals surface area (Å²) in [5, 5.41) is 5.11. The molecule has 0 radical (unpaired) electrons. The fourth-order valence-electron chi connectivity index (χ4n) is 0.745. The van der Waals surface area contributed by atoms with E-state index < -0.39 is 18.5 Å². The van der Waals surface area contributed by atoms with Gasteiger partial charge < -0.3 is 69.2 Å². The van der Waals surface area contributed by atoms with E-state index in [4.69, 9.17) is 15.6 Å². The number of aromatic nitrogens is 2. The Morgan fingerprint density at radius 2 is 1.33 bits per heavy atom. The number of anilines is 2. The van der Waals surface area contributed by atoms with Crippen molar-refractivity contribution in [2.45, 2.75) is 0 Å². The van der Waals surface area contributed by atoms with Gasteiger partial charge in [-0.25, -0.2) is 9.97 Å². The van der Waals surface area contributed by atoms with E-state index >= 15 is 0 Å². The molecule has 2 aromatic rings. The molecule has 2 heterocycles. The zero-order chi connectivity index (χ0) is 16.1. The normalized spacial score (nSPS) is 8.00. The Morgan fingerprint density at radius 3 is 1.52 bits per heavy atom. The van der Waals surface area contributed by atoms with Crippen LogP contribution in [0.2, 0.25) is 0 Å². The minimum atomic E-state index is -2.03. The molecule has 0 saturated carbocycles. The Balaban J connectivity index is 0.000000322. The number of hydrogen-bond donors (Lipinski definition) is 2. The SMILES string of the molecule is S=C([S-])Nc1ncco1.S=C([S-])Nc1ncco1.[O]=[Mo+2]=[O]. The molecule has 0 fully saturated rings. The molecule has 0 aliphatic heterocycles.